The highest BCUT2D eigenvalue weighted by molar-refractivity contribution is 5.97. The van der Waals surface area contributed by atoms with Crippen LogP contribution in [0.15, 0.2) is 42.5 Å². The molecule has 0 radical (unpaired) electrons. The van der Waals surface area contributed by atoms with Crippen molar-refractivity contribution < 1.29 is 9.53 Å². The van der Waals surface area contributed by atoms with E-state index in [1.165, 1.54) is 31.5 Å². The van der Waals surface area contributed by atoms with Gasteiger partial charge in [-0.15, -0.1) is 0 Å². The van der Waals surface area contributed by atoms with Crippen LogP contribution in [-0.2, 0) is 6.42 Å². The van der Waals surface area contributed by atoms with Crippen molar-refractivity contribution in [1.82, 2.24) is 9.80 Å². The summed E-state index contributed by atoms with van der Waals surface area (Å²) in [4.78, 5) is 17.8. The van der Waals surface area contributed by atoms with E-state index in [9.17, 15) is 4.79 Å². The topological polar surface area (TPSA) is 32.8 Å². The zero-order valence-corrected chi connectivity index (χ0v) is 15.1. The summed E-state index contributed by atoms with van der Waals surface area (Å²) in [7, 11) is 1.96. The molecular formula is C22H24N2O2. The van der Waals surface area contributed by atoms with Crippen LogP contribution in [0.5, 0.6) is 11.5 Å². The van der Waals surface area contributed by atoms with Crippen molar-refractivity contribution in [1.29, 1.82) is 0 Å². The minimum Gasteiger partial charge on any atom is -0.456 e. The molecule has 134 valence electrons. The fourth-order valence-electron chi connectivity index (χ4n) is 4.79. The summed E-state index contributed by atoms with van der Waals surface area (Å²) in [5.41, 5.74) is 2.96. The number of carbonyl (C=O) groups is 1. The first-order valence-corrected chi connectivity index (χ1v) is 9.58. The first-order chi connectivity index (χ1) is 12.7. The first kappa shape index (κ1) is 15.9. The summed E-state index contributed by atoms with van der Waals surface area (Å²) in [5.74, 6) is 2.32. The minimum atomic E-state index is 0.0833. The van der Waals surface area contributed by atoms with E-state index in [0.717, 1.165) is 30.0 Å². The van der Waals surface area contributed by atoms with E-state index in [1.807, 2.05) is 42.3 Å². The van der Waals surface area contributed by atoms with Crippen molar-refractivity contribution in [2.24, 2.45) is 5.92 Å². The Morgan fingerprint density at radius 2 is 1.85 bits per heavy atom. The van der Waals surface area contributed by atoms with Crippen LogP contribution in [0, 0.1) is 5.92 Å². The number of fused-ring (bicyclic) bond motifs is 5. The maximum Gasteiger partial charge on any atom is 0.257 e. The Bertz CT molecular complexity index is 855. The van der Waals surface area contributed by atoms with Crippen LogP contribution in [-0.4, -0.2) is 48.4 Å². The highest BCUT2D eigenvalue weighted by Gasteiger charge is 2.38. The largest absolute Gasteiger partial charge is 0.456 e. The Labute approximate surface area is 154 Å². The molecule has 3 saturated heterocycles. The van der Waals surface area contributed by atoms with Gasteiger partial charge in [-0.25, -0.2) is 0 Å². The SMILES string of the molecule is CN(C(=O)c1cccc2c1Oc1ccccc1C2)[C@H]1CN2CCC1CC2. The molecule has 0 N–H and O–H groups in total. The zero-order valence-electron chi connectivity index (χ0n) is 15.1. The van der Waals surface area contributed by atoms with Crippen molar-refractivity contribution in [3.63, 3.8) is 0 Å². The van der Waals surface area contributed by atoms with E-state index in [4.69, 9.17) is 4.74 Å². The Kier molecular flexibility index (Phi) is 3.75. The predicted molar refractivity (Wildman–Crippen MR) is 101 cm³/mol. The number of hydrogen-bond acceptors (Lipinski definition) is 3. The Morgan fingerprint density at radius 3 is 2.62 bits per heavy atom. The van der Waals surface area contributed by atoms with Crippen LogP contribution in [0.4, 0.5) is 0 Å². The highest BCUT2D eigenvalue weighted by Crippen LogP contribution is 2.39. The van der Waals surface area contributed by atoms with Gasteiger partial charge >= 0.3 is 0 Å². The van der Waals surface area contributed by atoms with Crippen LogP contribution in [0.1, 0.15) is 34.3 Å². The van der Waals surface area contributed by atoms with E-state index >= 15 is 0 Å². The van der Waals surface area contributed by atoms with Crippen molar-refractivity contribution in [3.8, 4) is 11.5 Å². The van der Waals surface area contributed by atoms with Crippen LogP contribution in [0.2, 0.25) is 0 Å². The third kappa shape index (κ3) is 2.52. The van der Waals surface area contributed by atoms with Crippen LogP contribution in [0.3, 0.4) is 0 Å². The van der Waals surface area contributed by atoms with E-state index < -0.39 is 0 Å². The molecule has 1 amide bonds. The second kappa shape index (κ2) is 6.13. The molecule has 4 aliphatic rings. The number of nitrogens with zero attached hydrogens (tertiary/aromatic N) is 2. The van der Waals surface area contributed by atoms with Crippen molar-refractivity contribution >= 4 is 5.91 Å². The molecule has 3 fully saturated rings. The lowest BCUT2D eigenvalue weighted by Gasteiger charge is -2.48. The van der Waals surface area contributed by atoms with Gasteiger partial charge in [0.15, 0.2) is 0 Å². The van der Waals surface area contributed by atoms with E-state index in [2.05, 4.69) is 17.0 Å². The number of carbonyl (C=O) groups excluding carboxylic acids is 1. The van der Waals surface area contributed by atoms with Gasteiger partial charge in [-0.2, -0.15) is 0 Å². The lowest BCUT2D eigenvalue weighted by molar-refractivity contribution is 0.0161. The van der Waals surface area contributed by atoms with Gasteiger partial charge in [0, 0.05) is 31.6 Å². The molecular weight excluding hydrogens is 324 g/mol. The molecule has 2 aromatic rings. The molecule has 0 aromatic heterocycles. The maximum absolute atomic E-state index is 13.3. The standard InChI is InChI=1S/C22H24N2O2/c1-23(19-14-24-11-9-15(19)10-12-24)22(25)18-7-4-6-17-13-16-5-2-3-8-20(16)26-21(17)18/h2-8,15,19H,9-14H2,1H3/t19-/m0/s1. The third-order valence-corrected chi connectivity index (χ3v) is 6.33. The molecule has 6 rings (SSSR count). The summed E-state index contributed by atoms with van der Waals surface area (Å²) in [5, 5.41) is 0. The van der Waals surface area contributed by atoms with Gasteiger partial charge in [-0.3, -0.25) is 4.79 Å². The van der Waals surface area contributed by atoms with Crippen molar-refractivity contribution in [2.75, 3.05) is 26.7 Å². The molecule has 2 bridgehead atoms. The number of ether oxygens (including phenoxy) is 1. The Morgan fingerprint density at radius 1 is 1.08 bits per heavy atom. The first-order valence-electron chi connectivity index (χ1n) is 9.58. The van der Waals surface area contributed by atoms with Gasteiger partial charge in [0.2, 0.25) is 0 Å². The summed E-state index contributed by atoms with van der Waals surface area (Å²) in [6.07, 6.45) is 3.23. The molecule has 0 spiro atoms. The minimum absolute atomic E-state index is 0.0833. The fourth-order valence-corrected chi connectivity index (χ4v) is 4.79. The molecule has 26 heavy (non-hydrogen) atoms. The zero-order chi connectivity index (χ0) is 17.7. The van der Waals surface area contributed by atoms with Crippen LogP contribution >= 0.6 is 0 Å². The van der Waals surface area contributed by atoms with Crippen molar-refractivity contribution in [3.05, 3.63) is 59.2 Å². The second-order valence-corrected chi connectivity index (χ2v) is 7.80. The Hall–Kier alpha value is -2.33. The molecule has 1 atom stereocenters. The van der Waals surface area contributed by atoms with Gasteiger partial charge in [-0.1, -0.05) is 30.3 Å². The summed E-state index contributed by atoms with van der Waals surface area (Å²) in [6.45, 7) is 3.37. The van der Waals surface area contributed by atoms with Gasteiger partial charge < -0.3 is 14.5 Å². The molecule has 4 aliphatic heterocycles. The Balaban J connectivity index is 1.45. The van der Waals surface area contributed by atoms with E-state index in [0.29, 0.717) is 17.5 Å². The lowest BCUT2D eigenvalue weighted by atomic mass is 9.83. The fraction of sp³-hybridized carbons (Fsp3) is 0.409. The monoisotopic (exact) mass is 348 g/mol. The number of amides is 1. The third-order valence-electron chi connectivity index (χ3n) is 6.33. The van der Waals surface area contributed by atoms with Crippen LogP contribution in [0.25, 0.3) is 0 Å². The number of benzene rings is 2. The van der Waals surface area contributed by atoms with E-state index in [-0.39, 0.29) is 5.91 Å². The molecule has 0 unspecified atom stereocenters. The van der Waals surface area contributed by atoms with Gasteiger partial charge in [0.1, 0.15) is 11.5 Å². The molecule has 4 heteroatoms. The predicted octanol–water partition coefficient (Wildman–Crippen LogP) is 3.55. The summed E-state index contributed by atoms with van der Waals surface area (Å²) >= 11 is 0. The lowest BCUT2D eigenvalue weighted by Crippen LogP contribution is -2.57. The number of para-hydroxylation sites is 2. The van der Waals surface area contributed by atoms with E-state index in [1.54, 1.807) is 0 Å². The smallest absolute Gasteiger partial charge is 0.257 e. The molecule has 2 aromatic carbocycles. The van der Waals surface area contributed by atoms with Crippen molar-refractivity contribution in [2.45, 2.75) is 25.3 Å². The second-order valence-electron chi connectivity index (χ2n) is 7.80. The molecule has 4 heterocycles. The average Bonchev–Trinajstić information content (AvgIpc) is 2.71. The molecule has 0 saturated carbocycles. The number of piperidine rings is 3. The van der Waals surface area contributed by atoms with Gasteiger partial charge in [-0.05, 0) is 49.5 Å². The summed E-state index contributed by atoms with van der Waals surface area (Å²) < 4.78 is 6.17. The molecule has 4 nitrogen and oxygen atoms in total. The molecule has 0 aliphatic carbocycles. The normalized spacial score (nSPS) is 25.8. The maximum atomic E-state index is 13.3. The number of likely N-dealkylation sites (N-methyl/N-ethyl adjacent to an activating group) is 1. The quantitative estimate of drug-likeness (QED) is 0.710. The number of hydrogen-bond donors (Lipinski definition) is 0. The highest BCUT2D eigenvalue weighted by atomic mass is 16.5. The van der Waals surface area contributed by atoms with Crippen LogP contribution < -0.4 is 4.74 Å². The van der Waals surface area contributed by atoms with Gasteiger partial charge in [0.05, 0.1) is 5.56 Å². The number of rotatable bonds is 2. The average molecular weight is 348 g/mol. The summed E-state index contributed by atoms with van der Waals surface area (Å²) in [6, 6.07) is 14.4. The van der Waals surface area contributed by atoms with Gasteiger partial charge in [0.25, 0.3) is 5.91 Å².